The number of rotatable bonds is 4. The van der Waals surface area contributed by atoms with Gasteiger partial charge < -0.3 is 10.1 Å². The van der Waals surface area contributed by atoms with Crippen molar-refractivity contribution in [1.29, 1.82) is 0 Å². The molecule has 0 aromatic heterocycles. The van der Waals surface area contributed by atoms with E-state index in [4.69, 9.17) is 4.74 Å². The van der Waals surface area contributed by atoms with Crippen LogP contribution in [0.1, 0.15) is 38.1 Å². The zero-order valence-corrected chi connectivity index (χ0v) is 13.7. The molecule has 0 aliphatic carbocycles. The fraction of sp³-hybridized carbons (Fsp3) is 0.588. The van der Waals surface area contributed by atoms with Crippen LogP contribution in [-0.2, 0) is 4.74 Å². The first-order valence-corrected chi connectivity index (χ1v) is 7.72. The number of hydrogen-bond acceptors (Lipinski definition) is 3. The summed E-state index contributed by atoms with van der Waals surface area (Å²) in [5.74, 6) is -0.518. The average Bonchev–Trinajstić information content (AvgIpc) is 2.44. The average molecular weight is 308 g/mol. The molecule has 0 unspecified atom stereocenters. The molecule has 0 radical (unpaired) electrons. The summed E-state index contributed by atoms with van der Waals surface area (Å²) in [5, 5.41) is 2.94. The van der Waals surface area contributed by atoms with Gasteiger partial charge >= 0.3 is 0 Å². The first-order chi connectivity index (χ1) is 10.3. The van der Waals surface area contributed by atoms with Crippen LogP contribution in [0.25, 0.3) is 0 Å². The van der Waals surface area contributed by atoms with E-state index in [0.29, 0.717) is 12.1 Å². The van der Waals surface area contributed by atoms with Gasteiger partial charge in [0.05, 0.1) is 12.2 Å². The number of morpholine rings is 1. The lowest BCUT2D eigenvalue weighted by Crippen LogP contribution is -2.58. The van der Waals surface area contributed by atoms with Crippen LogP contribution in [0.5, 0.6) is 0 Å². The standard InChI is InChI=1S/C17H25FN2O2/c1-12-9-20(10-13(2)22-12)17(3,4)11-19-16(21)14-5-7-15(18)8-6-14/h5-8,12-13H,9-11H2,1-4H3,(H,19,21)/t12-,13+. The highest BCUT2D eigenvalue weighted by atomic mass is 19.1. The van der Waals surface area contributed by atoms with Crippen LogP contribution in [0, 0.1) is 5.82 Å². The summed E-state index contributed by atoms with van der Waals surface area (Å²) < 4.78 is 18.6. The fourth-order valence-electron chi connectivity index (χ4n) is 2.78. The van der Waals surface area contributed by atoms with Gasteiger partial charge in [0, 0.05) is 30.7 Å². The topological polar surface area (TPSA) is 41.6 Å². The van der Waals surface area contributed by atoms with Crippen molar-refractivity contribution in [2.24, 2.45) is 0 Å². The van der Waals surface area contributed by atoms with Gasteiger partial charge in [0.1, 0.15) is 5.82 Å². The summed E-state index contributed by atoms with van der Waals surface area (Å²) >= 11 is 0. The van der Waals surface area contributed by atoms with E-state index in [9.17, 15) is 9.18 Å². The molecule has 2 rings (SSSR count). The Hall–Kier alpha value is -1.46. The molecule has 1 N–H and O–H groups in total. The minimum atomic E-state index is -0.340. The van der Waals surface area contributed by atoms with E-state index in [1.807, 2.05) is 0 Å². The molecule has 1 heterocycles. The van der Waals surface area contributed by atoms with Crippen LogP contribution in [0.3, 0.4) is 0 Å². The van der Waals surface area contributed by atoms with E-state index in [1.54, 1.807) is 0 Å². The number of benzene rings is 1. The summed E-state index contributed by atoms with van der Waals surface area (Å²) in [6.45, 7) is 10.6. The number of carbonyl (C=O) groups is 1. The smallest absolute Gasteiger partial charge is 0.251 e. The van der Waals surface area contributed by atoms with Crippen molar-refractivity contribution >= 4 is 5.91 Å². The van der Waals surface area contributed by atoms with Crippen LogP contribution >= 0.6 is 0 Å². The van der Waals surface area contributed by atoms with Gasteiger partial charge in [-0.3, -0.25) is 9.69 Å². The Morgan fingerprint density at radius 1 is 1.27 bits per heavy atom. The third-order valence-corrected chi connectivity index (χ3v) is 4.06. The summed E-state index contributed by atoms with van der Waals surface area (Å²) in [5.41, 5.74) is 0.308. The Kier molecular flexibility index (Phi) is 5.19. The molecule has 1 amide bonds. The van der Waals surface area contributed by atoms with Gasteiger partial charge in [-0.25, -0.2) is 4.39 Å². The lowest BCUT2D eigenvalue weighted by Gasteiger charge is -2.45. The number of halogens is 1. The second-order valence-electron chi connectivity index (χ2n) is 6.66. The zero-order chi connectivity index (χ0) is 16.3. The van der Waals surface area contributed by atoms with Gasteiger partial charge in [0.25, 0.3) is 5.91 Å². The van der Waals surface area contributed by atoms with Crippen LogP contribution < -0.4 is 5.32 Å². The predicted octanol–water partition coefficient (Wildman–Crippen LogP) is 2.44. The van der Waals surface area contributed by atoms with Gasteiger partial charge in [-0.05, 0) is 52.0 Å². The highest BCUT2D eigenvalue weighted by Gasteiger charge is 2.33. The second-order valence-corrected chi connectivity index (χ2v) is 6.66. The molecule has 1 fully saturated rings. The normalized spacial score (nSPS) is 23.3. The van der Waals surface area contributed by atoms with E-state index in [2.05, 4.69) is 37.9 Å². The van der Waals surface area contributed by atoms with Crippen molar-refractivity contribution in [2.45, 2.75) is 45.4 Å². The Morgan fingerprint density at radius 3 is 2.36 bits per heavy atom. The lowest BCUT2D eigenvalue weighted by molar-refractivity contribution is -0.0948. The highest BCUT2D eigenvalue weighted by Crippen LogP contribution is 2.20. The van der Waals surface area contributed by atoms with Gasteiger partial charge in [-0.15, -0.1) is 0 Å². The maximum atomic E-state index is 12.9. The molecule has 5 heteroatoms. The number of amides is 1. The molecule has 1 saturated heterocycles. The largest absolute Gasteiger partial charge is 0.373 e. The second kappa shape index (κ2) is 6.75. The van der Waals surface area contributed by atoms with E-state index < -0.39 is 0 Å². The molecule has 122 valence electrons. The van der Waals surface area contributed by atoms with Gasteiger partial charge in [-0.1, -0.05) is 0 Å². The van der Waals surface area contributed by atoms with Crippen molar-refractivity contribution in [3.8, 4) is 0 Å². The third kappa shape index (κ3) is 4.27. The molecule has 0 saturated carbocycles. The molecule has 1 aliphatic heterocycles. The molecule has 4 nitrogen and oxygen atoms in total. The molecule has 1 aromatic carbocycles. The molecule has 2 atom stereocenters. The van der Waals surface area contributed by atoms with Crippen molar-refractivity contribution in [1.82, 2.24) is 10.2 Å². The first kappa shape index (κ1) is 16.9. The fourth-order valence-corrected chi connectivity index (χ4v) is 2.78. The first-order valence-electron chi connectivity index (χ1n) is 7.72. The number of carbonyl (C=O) groups excluding carboxylic acids is 1. The summed E-state index contributed by atoms with van der Waals surface area (Å²) in [6, 6.07) is 5.59. The number of nitrogens with zero attached hydrogens (tertiary/aromatic N) is 1. The maximum Gasteiger partial charge on any atom is 0.251 e. The molecular formula is C17H25FN2O2. The minimum Gasteiger partial charge on any atom is -0.373 e. The van der Waals surface area contributed by atoms with Crippen LogP contribution in [0.2, 0.25) is 0 Å². The Morgan fingerprint density at radius 2 is 1.82 bits per heavy atom. The molecule has 22 heavy (non-hydrogen) atoms. The van der Waals surface area contributed by atoms with E-state index in [1.165, 1.54) is 24.3 Å². The maximum absolute atomic E-state index is 12.9. The Bertz CT molecular complexity index is 506. The lowest BCUT2D eigenvalue weighted by atomic mass is 10.00. The molecule has 0 bridgehead atoms. The predicted molar refractivity (Wildman–Crippen MR) is 84.4 cm³/mol. The van der Waals surface area contributed by atoms with Crippen molar-refractivity contribution in [3.63, 3.8) is 0 Å². The van der Waals surface area contributed by atoms with Crippen LogP contribution in [0.4, 0.5) is 4.39 Å². The minimum absolute atomic E-state index is 0.165. The van der Waals surface area contributed by atoms with Gasteiger partial charge in [-0.2, -0.15) is 0 Å². The third-order valence-electron chi connectivity index (χ3n) is 4.06. The zero-order valence-electron chi connectivity index (χ0n) is 13.7. The monoisotopic (exact) mass is 308 g/mol. The number of nitrogens with one attached hydrogen (secondary N) is 1. The van der Waals surface area contributed by atoms with E-state index in [-0.39, 0.29) is 29.5 Å². The quantitative estimate of drug-likeness (QED) is 0.929. The van der Waals surface area contributed by atoms with Gasteiger partial charge in [0.15, 0.2) is 0 Å². The van der Waals surface area contributed by atoms with Crippen molar-refractivity contribution in [3.05, 3.63) is 35.6 Å². The summed E-state index contributed by atoms with van der Waals surface area (Å²) in [7, 11) is 0. The molecule has 1 aromatic rings. The summed E-state index contributed by atoms with van der Waals surface area (Å²) in [6.07, 6.45) is 0.381. The molecule has 1 aliphatic rings. The highest BCUT2D eigenvalue weighted by molar-refractivity contribution is 5.94. The molecular weight excluding hydrogens is 283 g/mol. The summed E-state index contributed by atoms with van der Waals surface area (Å²) in [4.78, 5) is 14.5. The van der Waals surface area contributed by atoms with Crippen molar-refractivity contribution in [2.75, 3.05) is 19.6 Å². The van der Waals surface area contributed by atoms with Gasteiger partial charge in [0.2, 0.25) is 0 Å². The van der Waals surface area contributed by atoms with E-state index in [0.717, 1.165) is 13.1 Å². The Balaban J connectivity index is 1.94. The van der Waals surface area contributed by atoms with Crippen molar-refractivity contribution < 1.29 is 13.9 Å². The van der Waals surface area contributed by atoms with E-state index >= 15 is 0 Å². The molecule has 0 spiro atoms. The Labute approximate surface area is 131 Å². The van der Waals surface area contributed by atoms with Crippen LogP contribution in [-0.4, -0.2) is 48.2 Å². The number of ether oxygens (including phenoxy) is 1. The number of hydrogen-bond donors (Lipinski definition) is 1. The van der Waals surface area contributed by atoms with Crippen LogP contribution in [0.15, 0.2) is 24.3 Å². The SMILES string of the molecule is C[C@@H]1CN(C(C)(C)CNC(=O)c2ccc(F)cc2)C[C@H](C)O1.